The van der Waals surface area contributed by atoms with E-state index in [1.54, 1.807) is 6.92 Å². The molecule has 0 saturated heterocycles. The molecule has 0 saturated carbocycles. The first-order chi connectivity index (χ1) is 8.04. The van der Waals surface area contributed by atoms with Crippen LogP contribution >= 0.6 is 15.9 Å². The molecule has 3 nitrogen and oxygen atoms in total. The Morgan fingerprint density at radius 3 is 2.76 bits per heavy atom. The highest BCUT2D eigenvalue weighted by atomic mass is 79.9. The average Bonchev–Trinajstić information content (AvgIpc) is 2.30. The molecule has 1 rings (SSSR count). The van der Waals surface area contributed by atoms with Crippen molar-refractivity contribution in [1.29, 1.82) is 5.26 Å². The molecule has 0 aliphatic heterocycles. The molecule has 1 aromatic carbocycles. The third kappa shape index (κ3) is 4.29. The van der Waals surface area contributed by atoms with Crippen molar-refractivity contribution in [3.63, 3.8) is 0 Å². The second-order valence-electron chi connectivity index (χ2n) is 3.19. The molecule has 17 heavy (non-hydrogen) atoms. The van der Waals surface area contributed by atoms with Crippen molar-refractivity contribution >= 4 is 15.9 Å². The lowest BCUT2D eigenvalue weighted by Crippen LogP contribution is -2.13. The number of benzene rings is 1. The summed E-state index contributed by atoms with van der Waals surface area (Å²) in [5.74, 6) is -2.22. The summed E-state index contributed by atoms with van der Waals surface area (Å²) in [4.78, 5) is 0. The number of hydrogen-bond donors (Lipinski definition) is 0. The fourth-order valence-electron chi connectivity index (χ4n) is 1.05. The zero-order valence-corrected chi connectivity index (χ0v) is 10.6. The Bertz CT molecular complexity index is 434. The van der Waals surface area contributed by atoms with Crippen LogP contribution < -0.4 is 4.74 Å². The Morgan fingerprint density at radius 1 is 1.41 bits per heavy atom. The number of halogens is 3. The van der Waals surface area contributed by atoms with Gasteiger partial charge in [-0.2, -0.15) is 9.65 Å². The second-order valence-corrected chi connectivity index (χ2v) is 4.11. The zero-order valence-electron chi connectivity index (χ0n) is 9.04. The van der Waals surface area contributed by atoms with Gasteiger partial charge < -0.3 is 9.47 Å². The first-order valence-corrected chi connectivity index (χ1v) is 5.62. The Morgan fingerprint density at radius 2 is 2.12 bits per heavy atom. The van der Waals surface area contributed by atoms with E-state index in [0.29, 0.717) is 4.47 Å². The summed E-state index contributed by atoms with van der Waals surface area (Å²) in [5, 5.41) is 8.44. The number of hydrogen-bond acceptors (Lipinski definition) is 3. The van der Waals surface area contributed by atoms with Crippen LogP contribution in [0.2, 0.25) is 0 Å². The minimum Gasteiger partial charge on any atom is -0.488 e. The van der Waals surface area contributed by atoms with E-state index in [1.807, 2.05) is 6.07 Å². The molecule has 0 aliphatic carbocycles. The summed E-state index contributed by atoms with van der Waals surface area (Å²) in [6.07, 6.45) is -0.553. The maximum Gasteiger partial charge on any atom is 0.200 e. The summed E-state index contributed by atoms with van der Waals surface area (Å²) < 4.78 is 36.6. The molecule has 1 unspecified atom stereocenters. The number of ether oxygens (including phenoxy) is 2. The first-order valence-electron chi connectivity index (χ1n) is 4.83. The SMILES string of the molecule is CC(C#N)OCCOc1cc(Br)cc(F)c1F. The monoisotopic (exact) mass is 305 g/mol. The van der Waals surface area contributed by atoms with E-state index in [-0.39, 0.29) is 19.0 Å². The van der Waals surface area contributed by atoms with Crippen LogP contribution in [-0.4, -0.2) is 19.3 Å². The smallest absolute Gasteiger partial charge is 0.200 e. The van der Waals surface area contributed by atoms with E-state index in [1.165, 1.54) is 6.07 Å². The molecule has 0 N–H and O–H groups in total. The predicted molar refractivity (Wildman–Crippen MR) is 60.6 cm³/mol. The third-order valence-electron chi connectivity index (χ3n) is 1.85. The second kappa shape index (κ2) is 6.52. The number of nitrogens with zero attached hydrogens (tertiary/aromatic N) is 1. The summed E-state index contributed by atoms with van der Waals surface area (Å²) in [7, 11) is 0. The number of rotatable bonds is 5. The molecular weight excluding hydrogens is 296 g/mol. The van der Waals surface area contributed by atoms with Crippen molar-refractivity contribution in [2.24, 2.45) is 0 Å². The van der Waals surface area contributed by atoms with Crippen molar-refractivity contribution in [1.82, 2.24) is 0 Å². The van der Waals surface area contributed by atoms with Gasteiger partial charge in [0.15, 0.2) is 11.6 Å². The Balaban J connectivity index is 2.50. The van der Waals surface area contributed by atoms with Crippen molar-refractivity contribution in [2.75, 3.05) is 13.2 Å². The lowest BCUT2D eigenvalue weighted by atomic mass is 10.3. The van der Waals surface area contributed by atoms with Crippen molar-refractivity contribution < 1.29 is 18.3 Å². The molecule has 0 radical (unpaired) electrons. The highest BCUT2D eigenvalue weighted by Gasteiger charge is 2.11. The molecule has 0 aliphatic rings. The van der Waals surface area contributed by atoms with Gasteiger partial charge in [0.1, 0.15) is 12.7 Å². The zero-order chi connectivity index (χ0) is 12.8. The highest BCUT2D eigenvalue weighted by molar-refractivity contribution is 9.10. The van der Waals surface area contributed by atoms with Crippen molar-refractivity contribution in [3.05, 3.63) is 28.2 Å². The fourth-order valence-corrected chi connectivity index (χ4v) is 1.46. The van der Waals surface area contributed by atoms with Crippen LogP contribution in [0.15, 0.2) is 16.6 Å². The van der Waals surface area contributed by atoms with Crippen LogP contribution in [0.1, 0.15) is 6.92 Å². The molecule has 0 spiro atoms. The van der Waals surface area contributed by atoms with Gasteiger partial charge in [0, 0.05) is 4.47 Å². The summed E-state index contributed by atoms with van der Waals surface area (Å²) in [6, 6.07) is 4.21. The van der Waals surface area contributed by atoms with Gasteiger partial charge in [-0.15, -0.1) is 0 Å². The summed E-state index contributed by atoms with van der Waals surface area (Å²) in [6.45, 7) is 1.75. The van der Waals surface area contributed by atoms with E-state index < -0.39 is 17.7 Å². The number of nitriles is 1. The lowest BCUT2D eigenvalue weighted by molar-refractivity contribution is 0.0731. The summed E-state index contributed by atoms with van der Waals surface area (Å²) >= 11 is 3.03. The Kier molecular flexibility index (Phi) is 5.32. The van der Waals surface area contributed by atoms with Crippen molar-refractivity contribution in [3.8, 4) is 11.8 Å². The van der Waals surface area contributed by atoms with E-state index in [2.05, 4.69) is 15.9 Å². The van der Waals surface area contributed by atoms with Gasteiger partial charge in [0.2, 0.25) is 5.82 Å². The fraction of sp³-hybridized carbons (Fsp3) is 0.364. The molecule has 0 aromatic heterocycles. The van der Waals surface area contributed by atoms with E-state index >= 15 is 0 Å². The van der Waals surface area contributed by atoms with Gasteiger partial charge in [-0.05, 0) is 19.1 Å². The topological polar surface area (TPSA) is 42.2 Å². The molecule has 0 amide bonds. The quantitative estimate of drug-likeness (QED) is 0.620. The molecule has 0 fully saturated rings. The van der Waals surface area contributed by atoms with Gasteiger partial charge in [-0.3, -0.25) is 0 Å². The largest absolute Gasteiger partial charge is 0.488 e. The van der Waals surface area contributed by atoms with Crippen LogP contribution in [0.5, 0.6) is 5.75 Å². The molecule has 1 aromatic rings. The van der Waals surface area contributed by atoms with Gasteiger partial charge in [0.25, 0.3) is 0 Å². The van der Waals surface area contributed by atoms with Crippen LogP contribution in [0, 0.1) is 23.0 Å². The maximum absolute atomic E-state index is 13.2. The third-order valence-corrected chi connectivity index (χ3v) is 2.31. The van der Waals surface area contributed by atoms with Crippen molar-refractivity contribution in [2.45, 2.75) is 13.0 Å². The van der Waals surface area contributed by atoms with Gasteiger partial charge in [-0.1, -0.05) is 15.9 Å². The van der Waals surface area contributed by atoms with Crippen LogP contribution in [-0.2, 0) is 4.74 Å². The molecular formula is C11H10BrF2NO2. The average molecular weight is 306 g/mol. The molecule has 0 bridgehead atoms. The van der Waals surface area contributed by atoms with Crippen LogP contribution in [0.25, 0.3) is 0 Å². The Hall–Kier alpha value is -1.19. The minimum atomic E-state index is -1.04. The van der Waals surface area contributed by atoms with E-state index in [0.717, 1.165) is 6.07 Å². The maximum atomic E-state index is 13.2. The van der Waals surface area contributed by atoms with Crippen LogP contribution in [0.4, 0.5) is 8.78 Å². The van der Waals surface area contributed by atoms with Gasteiger partial charge in [-0.25, -0.2) is 4.39 Å². The summed E-state index contributed by atoms with van der Waals surface area (Å²) in [5.41, 5.74) is 0. The van der Waals surface area contributed by atoms with Gasteiger partial charge >= 0.3 is 0 Å². The standard InChI is InChI=1S/C11H10BrF2NO2/c1-7(6-15)16-2-3-17-10-5-8(12)4-9(13)11(10)14/h4-5,7H,2-3H2,1H3. The highest BCUT2D eigenvalue weighted by Crippen LogP contribution is 2.25. The minimum absolute atomic E-state index is 0.0405. The predicted octanol–water partition coefficient (Wildman–Crippen LogP) is 3.03. The van der Waals surface area contributed by atoms with Crippen LogP contribution in [0.3, 0.4) is 0 Å². The molecule has 0 heterocycles. The Labute approximate surface area is 106 Å². The lowest BCUT2D eigenvalue weighted by Gasteiger charge is -2.09. The van der Waals surface area contributed by atoms with E-state index in [4.69, 9.17) is 14.7 Å². The first kappa shape index (κ1) is 13.9. The van der Waals surface area contributed by atoms with E-state index in [9.17, 15) is 8.78 Å². The normalized spacial score (nSPS) is 11.9. The molecule has 1 atom stereocenters. The van der Waals surface area contributed by atoms with Gasteiger partial charge in [0.05, 0.1) is 12.7 Å². The molecule has 92 valence electrons. The molecule has 6 heteroatoms.